The first-order valence-corrected chi connectivity index (χ1v) is 11.5. The zero-order valence-corrected chi connectivity index (χ0v) is 18.5. The largest absolute Gasteiger partial charge is 0.379 e. The first-order valence-electron chi connectivity index (χ1n) is 10.3. The van der Waals surface area contributed by atoms with E-state index < -0.39 is 0 Å². The van der Waals surface area contributed by atoms with Crippen LogP contribution in [-0.2, 0) is 17.7 Å². The number of rotatable bonds is 5. The maximum absolute atomic E-state index is 6.54. The van der Waals surface area contributed by atoms with Gasteiger partial charge in [-0.3, -0.25) is 14.5 Å². The first kappa shape index (κ1) is 19.9. The fourth-order valence-electron chi connectivity index (χ4n) is 4.08. The van der Waals surface area contributed by atoms with E-state index in [1.165, 1.54) is 4.88 Å². The van der Waals surface area contributed by atoms with Crippen LogP contribution < -0.4 is 0 Å². The second-order valence-electron chi connectivity index (χ2n) is 7.63. The number of halogens is 1. The molecular weight excluding hydrogens is 418 g/mol. The molecule has 0 spiro atoms. The molecule has 1 fully saturated rings. The highest BCUT2D eigenvalue weighted by Gasteiger charge is 2.25. The van der Waals surface area contributed by atoms with Crippen LogP contribution in [0.5, 0.6) is 0 Å². The van der Waals surface area contributed by atoms with E-state index in [-0.39, 0.29) is 0 Å². The van der Waals surface area contributed by atoms with Crippen molar-refractivity contribution in [3.8, 4) is 5.00 Å². The third-order valence-corrected chi connectivity index (χ3v) is 7.13. The number of ether oxygens (including phenoxy) is 1. The lowest BCUT2D eigenvalue weighted by molar-refractivity contribution is 0.0375. The summed E-state index contributed by atoms with van der Waals surface area (Å²) in [6, 6.07) is 10.2. The van der Waals surface area contributed by atoms with Crippen LogP contribution in [0.4, 0.5) is 0 Å². The molecule has 0 aliphatic carbocycles. The number of thiophene rings is 1. The number of benzene rings is 1. The zero-order chi connectivity index (χ0) is 20.5. The number of aromatic nitrogens is 3. The van der Waals surface area contributed by atoms with Crippen molar-refractivity contribution in [3.05, 3.63) is 63.0 Å². The lowest BCUT2D eigenvalue weighted by Crippen LogP contribution is -2.36. The van der Waals surface area contributed by atoms with Crippen LogP contribution in [0.1, 0.15) is 34.1 Å². The molecule has 30 heavy (non-hydrogen) atoms. The summed E-state index contributed by atoms with van der Waals surface area (Å²) in [5.41, 5.74) is 3.03. The topological polar surface area (TPSA) is 55.5 Å². The molecule has 6 nitrogen and oxygen atoms in total. The van der Waals surface area contributed by atoms with E-state index in [9.17, 15) is 0 Å². The molecule has 0 atom stereocenters. The van der Waals surface area contributed by atoms with Gasteiger partial charge in [0.1, 0.15) is 17.4 Å². The Hall–Kier alpha value is -2.06. The molecule has 0 saturated carbocycles. The summed E-state index contributed by atoms with van der Waals surface area (Å²) < 4.78 is 7.61. The molecule has 2 aromatic heterocycles. The van der Waals surface area contributed by atoms with Gasteiger partial charge in [0.15, 0.2) is 5.82 Å². The molecule has 4 heterocycles. The van der Waals surface area contributed by atoms with E-state index in [1.54, 1.807) is 0 Å². The number of aliphatic imine (C=N–C) groups is 1. The molecule has 1 aromatic carbocycles. The molecule has 2 aliphatic heterocycles. The van der Waals surface area contributed by atoms with Crippen molar-refractivity contribution in [2.45, 2.75) is 26.3 Å². The maximum Gasteiger partial charge on any atom is 0.160 e. The van der Waals surface area contributed by atoms with Crippen LogP contribution in [0.15, 0.2) is 35.3 Å². The standard InChI is InChI=1S/C22H24ClN5OS/c1-15-25-26-20-14-24-21(17-6-2-3-7-19(17)23)18-13-16(30-22(18)28(15)20)5-4-8-27-9-11-29-12-10-27/h2-3,6-7,13H,4-5,8-12,14H2,1H3. The molecule has 2 aliphatic rings. The molecule has 1 saturated heterocycles. The number of nitrogens with zero attached hydrogens (tertiary/aromatic N) is 5. The molecule has 0 unspecified atom stereocenters. The van der Waals surface area contributed by atoms with Crippen LogP contribution in [-0.4, -0.2) is 58.2 Å². The Morgan fingerprint density at radius 3 is 2.80 bits per heavy atom. The average Bonchev–Trinajstić information content (AvgIpc) is 3.29. The van der Waals surface area contributed by atoms with Gasteiger partial charge in [-0.15, -0.1) is 21.5 Å². The van der Waals surface area contributed by atoms with E-state index in [0.717, 1.165) is 84.2 Å². The molecule has 0 bridgehead atoms. The molecule has 8 heteroatoms. The van der Waals surface area contributed by atoms with Gasteiger partial charge in [0.25, 0.3) is 0 Å². The van der Waals surface area contributed by atoms with Crippen molar-refractivity contribution in [2.24, 2.45) is 4.99 Å². The number of morpholine rings is 1. The van der Waals surface area contributed by atoms with Crippen LogP contribution in [0, 0.1) is 6.92 Å². The lowest BCUT2D eigenvalue weighted by atomic mass is 10.0. The summed E-state index contributed by atoms with van der Waals surface area (Å²) in [4.78, 5) is 8.75. The summed E-state index contributed by atoms with van der Waals surface area (Å²) in [6.45, 7) is 7.37. The highest BCUT2D eigenvalue weighted by atomic mass is 35.5. The molecule has 0 N–H and O–H groups in total. The van der Waals surface area contributed by atoms with Gasteiger partial charge in [0, 0.05) is 34.1 Å². The van der Waals surface area contributed by atoms with E-state index >= 15 is 0 Å². The van der Waals surface area contributed by atoms with Gasteiger partial charge in [0.05, 0.1) is 18.9 Å². The second kappa shape index (κ2) is 8.59. The van der Waals surface area contributed by atoms with Gasteiger partial charge in [-0.25, -0.2) is 0 Å². The predicted molar refractivity (Wildman–Crippen MR) is 120 cm³/mol. The fourth-order valence-corrected chi connectivity index (χ4v) is 5.57. The van der Waals surface area contributed by atoms with Gasteiger partial charge < -0.3 is 4.74 Å². The van der Waals surface area contributed by atoms with E-state index in [4.69, 9.17) is 21.3 Å². The van der Waals surface area contributed by atoms with Crippen molar-refractivity contribution in [1.82, 2.24) is 19.7 Å². The van der Waals surface area contributed by atoms with Crippen LogP contribution in [0.25, 0.3) is 5.00 Å². The molecule has 5 rings (SSSR count). The smallest absolute Gasteiger partial charge is 0.160 e. The van der Waals surface area contributed by atoms with Gasteiger partial charge >= 0.3 is 0 Å². The third-order valence-electron chi connectivity index (χ3n) is 5.62. The molecule has 156 valence electrons. The highest BCUT2D eigenvalue weighted by Crippen LogP contribution is 2.34. The Morgan fingerprint density at radius 1 is 1.13 bits per heavy atom. The number of aryl methyl sites for hydroxylation is 2. The monoisotopic (exact) mass is 441 g/mol. The molecular formula is C22H24ClN5OS. The predicted octanol–water partition coefficient (Wildman–Crippen LogP) is 3.91. The SMILES string of the molecule is Cc1nnc2n1-c1sc(CCCN3CCOCC3)cc1C(c1ccccc1Cl)=NC2. The van der Waals surface area contributed by atoms with Gasteiger partial charge in [-0.05, 0) is 38.4 Å². The van der Waals surface area contributed by atoms with Crippen LogP contribution in [0.3, 0.4) is 0 Å². The Balaban J connectivity index is 1.47. The Morgan fingerprint density at radius 2 is 1.97 bits per heavy atom. The van der Waals surface area contributed by atoms with Crippen molar-refractivity contribution >= 4 is 28.6 Å². The summed E-state index contributed by atoms with van der Waals surface area (Å²) in [6.07, 6.45) is 2.17. The Labute approximate surface area is 185 Å². The summed E-state index contributed by atoms with van der Waals surface area (Å²) in [5.74, 6) is 1.76. The van der Waals surface area contributed by atoms with E-state index in [1.807, 2.05) is 42.5 Å². The lowest BCUT2D eigenvalue weighted by Gasteiger charge is -2.26. The van der Waals surface area contributed by atoms with E-state index in [2.05, 4.69) is 25.7 Å². The average molecular weight is 442 g/mol. The minimum atomic E-state index is 0.495. The molecule has 0 radical (unpaired) electrons. The Bertz CT molecular complexity index is 1080. The second-order valence-corrected chi connectivity index (χ2v) is 9.16. The minimum absolute atomic E-state index is 0.495. The van der Waals surface area contributed by atoms with Crippen LogP contribution in [0.2, 0.25) is 5.02 Å². The number of hydrogen-bond donors (Lipinski definition) is 0. The number of hydrogen-bond acceptors (Lipinski definition) is 6. The maximum atomic E-state index is 6.54. The van der Waals surface area contributed by atoms with Crippen molar-refractivity contribution in [1.29, 1.82) is 0 Å². The minimum Gasteiger partial charge on any atom is -0.379 e. The molecule has 3 aromatic rings. The van der Waals surface area contributed by atoms with Crippen molar-refractivity contribution in [3.63, 3.8) is 0 Å². The van der Waals surface area contributed by atoms with Gasteiger partial charge in [0.2, 0.25) is 0 Å². The molecule has 0 amide bonds. The summed E-state index contributed by atoms with van der Waals surface area (Å²) in [7, 11) is 0. The highest BCUT2D eigenvalue weighted by molar-refractivity contribution is 7.15. The zero-order valence-electron chi connectivity index (χ0n) is 17.0. The Kier molecular flexibility index (Phi) is 5.69. The van der Waals surface area contributed by atoms with Gasteiger partial charge in [-0.1, -0.05) is 29.8 Å². The summed E-state index contributed by atoms with van der Waals surface area (Å²) in [5, 5.41) is 10.5. The first-order chi connectivity index (χ1) is 14.7. The number of fused-ring (bicyclic) bond motifs is 3. The van der Waals surface area contributed by atoms with Gasteiger partial charge in [-0.2, -0.15) is 0 Å². The quantitative estimate of drug-likeness (QED) is 0.602. The third kappa shape index (κ3) is 3.83. The fraction of sp³-hybridized carbons (Fsp3) is 0.409. The van der Waals surface area contributed by atoms with Crippen LogP contribution >= 0.6 is 22.9 Å². The normalized spacial score (nSPS) is 16.7. The van der Waals surface area contributed by atoms with Crippen molar-refractivity contribution < 1.29 is 4.74 Å². The van der Waals surface area contributed by atoms with Crippen molar-refractivity contribution in [2.75, 3.05) is 32.8 Å². The summed E-state index contributed by atoms with van der Waals surface area (Å²) >= 11 is 8.36. The van der Waals surface area contributed by atoms with E-state index in [0.29, 0.717) is 6.54 Å².